The second kappa shape index (κ2) is 8.14. The number of nitrogens with zero attached hydrogens (tertiary/aromatic N) is 2. The van der Waals surface area contributed by atoms with Gasteiger partial charge in [0.05, 0.1) is 13.1 Å². The quantitative estimate of drug-likeness (QED) is 0.701. The highest BCUT2D eigenvalue weighted by atomic mass is 16.4. The first-order chi connectivity index (χ1) is 13.3. The van der Waals surface area contributed by atoms with Crippen LogP contribution in [0, 0.1) is 0 Å². The van der Waals surface area contributed by atoms with Crippen LogP contribution >= 0.6 is 0 Å². The molecule has 2 aromatic carbocycles. The third-order valence-electron chi connectivity index (χ3n) is 4.99. The predicted octanol–water partition coefficient (Wildman–Crippen LogP) is 1.85. The molecule has 1 aromatic heterocycles. The lowest BCUT2D eigenvalue weighted by Crippen LogP contribution is -3.08. The van der Waals surface area contributed by atoms with Gasteiger partial charge in [-0.3, -0.25) is 4.79 Å². The smallest absolute Gasteiger partial charge is 0.251 e. The van der Waals surface area contributed by atoms with Gasteiger partial charge in [0.15, 0.2) is 0 Å². The van der Waals surface area contributed by atoms with E-state index >= 15 is 0 Å². The summed E-state index contributed by atoms with van der Waals surface area (Å²) in [6, 6.07) is 15.7. The van der Waals surface area contributed by atoms with Crippen molar-refractivity contribution in [3.8, 4) is 11.5 Å². The molecule has 2 heterocycles. The van der Waals surface area contributed by atoms with Crippen molar-refractivity contribution in [2.75, 3.05) is 13.1 Å². The lowest BCUT2D eigenvalue weighted by atomic mass is 10.1. The fraction of sp³-hybridized carbons (Fsp3) is 0.286. The standard InChI is InChI=1S/C21H22N4O2/c26-20(18-7-9-19(10-8-18)21-24-23-15-27-21)22-13-16-3-5-17(6-4-16)14-25-11-1-2-12-25/h3-10,15H,1-2,11-14H2,(H,22,26)/p+1. The maximum absolute atomic E-state index is 12.3. The third-order valence-corrected chi connectivity index (χ3v) is 4.99. The molecule has 3 aromatic rings. The van der Waals surface area contributed by atoms with E-state index < -0.39 is 0 Å². The molecule has 6 nitrogen and oxygen atoms in total. The first-order valence-electron chi connectivity index (χ1n) is 9.34. The predicted molar refractivity (Wildman–Crippen MR) is 101 cm³/mol. The zero-order valence-electron chi connectivity index (χ0n) is 15.1. The molecule has 4 rings (SSSR count). The molecule has 1 saturated heterocycles. The van der Waals surface area contributed by atoms with Crippen LogP contribution in [0.5, 0.6) is 0 Å². The van der Waals surface area contributed by atoms with Gasteiger partial charge in [0.25, 0.3) is 5.91 Å². The average molecular weight is 363 g/mol. The molecule has 6 heteroatoms. The summed E-state index contributed by atoms with van der Waals surface area (Å²) in [7, 11) is 0. The summed E-state index contributed by atoms with van der Waals surface area (Å²) in [6.45, 7) is 4.17. The molecule has 0 spiro atoms. The van der Waals surface area contributed by atoms with Crippen molar-refractivity contribution >= 4 is 5.91 Å². The fourth-order valence-corrected chi connectivity index (χ4v) is 3.46. The Kier molecular flexibility index (Phi) is 5.25. The molecule has 0 saturated carbocycles. The van der Waals surface area contributed by atoms with Gasteiger partial charge in [-0.15, -0.1) is 10.2 Å². The highest BCUT2D eigenvalue weighted by Crippen LogP contribution is 2.16. The maximum atomic E-state index is 12.3. The summed E-state index contributed by atoms with van der Waals surface area (Å²) in [4.78, 5) is 14.0. The van der Waals surface area contributed by atoms with Crippen molar-refractivity contribution in [2.45, 2.75) is 25.9 Å². The van der Waals surface area contributed by atoms with Crippen LogP contribution in [-0.4, -0.2) is 29.2 Å². The molecule has 1 fully saturated rings. The zero-order chi connectivity index (χ0) is 18.5. The number of nitrogens with one attached hydrogen (secondary N) is 2. The lowest BCUT2D eigenvalue weighted by molar-refractivity contribution is -0.901. The average Bonchev–Trinajstić information content (AvgIpc) is 3.42. The van der Waals surface area contributed by atoms with Crippen molar-refractivity contribution in [1.82, 2.24) is 15.5 Å². The van der Waals surface area contributed by atoms with Crippen LogP contribution in [-0.2, 0) is 13.1 Å². The van der Waals surface area contributed by atoms with Gasteiger partial charge >= 0.3 is 0 Å². The molecule has 27 heavy (non-hydrogen) atoms. The molecule has 0 unspecified atom stereocenters. The molecule has 0 radical (unpaired) electrons. The molecule has 0 atom stereocenters. The number of likely N-dealkylation sites (tertiary alicyclic amines) is 1. The minimum atomic E-state index is -0.0994. The number of aromatic nitrogens is 2. The van der Waals surface area contributed by atoms with Crippen molar-refractivity contribution < 1.29 is 14.1 Å². The summed E-state index contributed by atoms with van der Waals surface area (Å²) in [5.41, 5.74) is 3.86. The van der Waals surface area contributed by atoms with Crippen LogP contribution in [0.3, 0.4) is 0 Å². The van der Waals surface area contributed by atoms with E-state index in [2.05, 4.69) is 39.8 Å². The summed E-state index contributed by atoms with van der Waals surface area (Å²) in [6.07, 6.45) is 3.97. The second-order valence-electron chi connectivity index (χ2n) is 6.95. The summed E-state index contributed by atoms with van der Waals surface area (Å²) < 4.78 is 5.15. The molecule has 0 aliphatic carbocycles. The Hall–Kier alpha value is -2.99. The summed E-state index contributed by atoms with van der Waals surface area (Å²) in [5, 5.41) is 10.5. The van der Waals surface area contributed by atoms with Crippen LogP contribution in [0.4, 0.5) is 0 Å². The highest BCUT2D eigenvalue weighted by Gasteiger charge is 2.15. The van der Waals surface area contributed by atoms with Crippen molar-refractivity contribution in [3.05, 3.63) is 71.6 Å². The van der Waals surface area contributed by atoms with Gasteiger partial charge in [0.2, 0.25) is 12.3 Å². The number of rotatable bonds is 6. The molecule has 1 aliphatic heterocycles. The fourth-order valence-electron chi connectivity index (χ4n) is 3.46. The Bertz CT molecular complexity index is 868. The van der Waals surface area contributed by atoms with E-state index in [1.165, 1.54) is 37.9 Å². The molecular formula is C21H23N4O2+. The van der Waals surface area contributed by atoms with E-state index in [0.717, 1.165) is 17.7 Å². The Labute approximate surface area is 158 Å². The van der Waals surface area contributed by atoms with Gasteiger partial charge in [-0.25, -0.2) is 0 Å². The van der Waals surface area contributed by atoms with E-state index in [0.29, 0.717) is 18.0 Å². The molecule has 1 amide bonds. The minimum absolute atomic E-state index is 0.0994. The van der Waals surface area contributed by atoms with Crippen LogP contribution in [0.1, 0.15) is 34.3 Å². The van der Waals surface area contributed by atoms with E-state index in [4.69, 9.17) is 4.42 Å². The number of benzene rings is 2. The maximum Gasteiger partial charge on any atom is 0.251 e. The van der Waals surface area contributed by atoms with E-state index in [9.17, 15) is 4.79 Å². The number of amides is 1. The summed E-state index contributed by atoms with van der Waals surface area (Å²) in [5.74, 6) is 0.343. The van der Waals surface area contributed by atoms with Gasteiger partial charge in [0, 0.05) is 36.1 Å². The minimum Gasteiger partial charge on any atom is -0.423 e. The van der Waals surface area contributed by atoms with Crippen molar-refractivity contribution in [2.24, 2.45) is 0 Å². The molecule has 1 aliphatic rings. The third kappa shape index (κ3) is 4.41. The van der Waals surface area contributed by atoms with E-state index in [1.54, 1.807) is 29.2 Å². The second-order valence-corrected chi connectivity index (χ2v) is 6.95. The molecule has 138 valence electrons. The first kappa shape index (κ1) is 17.4. The number of quaternary nitrogens is 1. The van der Waals surface area contributed by atoms with Gasteiger partial charge in [-0.2, -0.15) is 0 Å². The van der Waals surface area contributed by atoms with Crippen LogP contribution in [0.25, 0.3) is 11.5 Å². The van der Waals surface area contributed by atoms with Gasteiger partial charge in [0.1, 0.15) is 6.54 Å². The number of hydrogen-bond acceptors (Lipinski definition) is 4. The van der Waals surface area contributed by atoms with Crippen molar-refractivity contribution in [1.29, 1.82) is 0 Å². The lowest BCUT2D eigenvalue weighted by Gasteiger charge is -2.12. The monoisotopic (exact) mass is 363 g/mol. The van der Waals surface area contributed by atoms with Gasteiger partial charge < -0.3 is 14.6 Å². The first-order valence-corrected chi connectivity index (χ1v) is 9.34. The van der Waals surface area contributed by atoms with E-state index in [-0.39, 0.29) is 5.91 Å². The van der Waals surface area contributed by atoms with Crippen LogP contribution in [0.2, 0.25) is 0 Å². The number of hydrogen-bond donors (Lipinski definition) is 2. The van der Waals surface area contributed by atoms with Crippen LogP contribution < -0.4 is 10.2 Å². The largest absolute Gasteiger partial charge is 0.423 e. The normalized spacial score (nSPS) is 14.4. The SMILES string of the molecule is O=C(NCc1ccc(C[NH+]2CCCC2)cc1)c1ccc(-c2nnco2)cc1. The Balaban J connectivity index is 1.30. The summed E-state index contributed by atoms with van der Waals surface area (Å²) >= 11 is 0. The number of carbonyl (C=O) groups excluding carboxylic acids is 1. The van der Waals surface area contributed by atoms with E-state index in [1.807, 2.05) is 0 Å². The van der Waals surface area contributed by atoms with Crippen molar-refractivity contribution in [3.63, 3.8) is 0 Å². The van der Waals surface area contributed by atoms with Gasteiger partial charge in [-0.1, -0.05) is 24.3 Å². The molecular weight excluding hydrogens is 340 g/mol. The van der Waals surface area contributed by atoms with Gasteiger partial charge in [-0.05, 0) is 29.8 Å². The number of carbonyl (C=O) groups is 1. The topological polar surface area (TPSA) is 72.5 Å². The Morgan fingerprint density at radius 2 is 1.70 bits per heavy atom. The zero-order valence-corrected chi connectivity index (χ0v) is 15.1. The van der Waals surface area contributed by atoms with Crippen LogP contribution in [0.15, 0.2) is 59.3 Å². The molecule has 2 N–H and O–H groups in total. The molecule has 0 bridgehead atoms. The Morgan fingerprint density at radius 3 is 2.37 bits per heavy atom. The highest BCUT2D eigenvalue weighted by molar-refractivity contribution is 5.94. The Morgan fingerprint density at radius 1 is 1.00 bits per heavy atom.